The quantitative estimate of drug-likeness (QED) is 0.665. The number of hydrazone groups is 1. The number of aryl methyl sites for hydroxylation is 2. The Morgan fingerprint density at radius 2 is 1.94 bits per heavy atom. The lowest BCUT2D eigenvalue weighted by molar-refractivity contribution is -0.146. The Balaban J connectivity index is 1.70. The average Bonchev–Trinajstić information content (AvgIpc) is 3.23. The fraction of sp³-hybridized carbons (Fsp3) is 0.435. The highest BCUT2D eigenvalue weighted by Gasteiger charge is 2.29. The van der Waals surface area contributed by atoms with Crippen LogP contribution in [-0.2, 0) is 19.1 Å². The van der Waals surface area contributed by atoms with Crippen molar-refractivity contribution >= 4 is 35.0 Å². The Kier molecular flexibility index (Phi) is 7.07. The second-order valence-corrected chi connectivity index (χ2v) is 8.00. The number of ether oxygens (including phenoxy) is 1. The summed E-state index contributed by atoms with van der Waals surface area (Å²) in [5.41, 5.74) is 2.58. The largest absolute Gasteiger partial charge is 0.448 e. The van der Waals surface area contributed by atoms with Gasteiger partial charge in [0.25, 0.3) is 5.91 Å². The maximum absolute atomic E-state index is 12.7. The fourth-order valence-electron chi connectivity index (χ4n) is 3.28. The number of nitrogens with zero attached hydrogens (tertiary/aromatic N) is 4. The van der Waals surface area contributed by atoms with Gasteiger partial charge in [-0.25, -0.2) is 9.48 Å². The number of benzene rings is 1. The van der Waals surface area contributed by atoms with Gasteiger partial charge >= 0.3 is 5.97 Å². The van der Waals surface area contributed by atoms with E-state index < -0.39 is 18.0 Å². The van der Waals surface area contributed by atoms with Crippen molar-refractivity contribution in [3.8, 4) is 0 Å². The van der Waals surface area contributed by atoms with Gasteiger partial charge in [-0.05, 0) is 51.3 Å². The fourth-order valence-corrected chi connectivity index (χ4v) is 3.28. The zero-order valence-corrected chi connectivity index (χ0v) is 19.1. The van der Waals surface area contributed by atoms with Crippen LogP contribution in [0, 0.1) is 13.8 Å². The maximum Gasteiger partial charge on any atom is 0.355 e. The molecule has 2 aromatic rings. The minimum Gasteiger partial charge on any atom is -0.448 e. The molecule has 1 aliphatic heterocycles. The molecular formula is C23H29N5O4. The number of hydrogen-bond acceptors (Lipinski definition) is 6. The van der Waals surface area contributed by atoms with Crippen molar-refractivity contribution in [2.75, 3.05) is 10.3 Å². The first-order chi connectivity index (χ1) is 15.2. The topological polar surface area (TPSA) is 106 Å². The third-order valence-electron chi connectivity index (χ3n) is 5.44. The molecule has 170 valence electrons. The number of esters is 1. The first-order valence-corrected chi connectivity index (χ1v) is 10.7. The molecule has 1 aromatic carbocycles. The van der Waals surface area contributed by atoms with E-state index in [0.29, 0.717) is 11.5 Å². The van der Waals surface area contributed by atoms with Crippen molar-refractivity contribution in [3.63, 3.8) is 0 Å². The van der Waals surface area contributed by atoms with Crippen molar-refractivity contribution < 1.29 is 19.1 Å². The van der Waals surface area contributed by atoms with Gasteiger partial charge < -0.3 is 10.1 Å². The number of hydrogen-bond donors (Lipinski definition) is 1. The van der Waals surface area contributed by atoms with E-state index in [1.165, 1.54) is 11.9 Å². The monoisotopic (exact) mass is 439 g/mol. The van der Waals surface area contributed by atoms with Gasteiger partial charge in [0.2, 0.25) is 5.91 Å². The van der Waals surface area contributed by atoms with Gasteiger partial charge in [0.05, 0.1) is 17.9 Å². The molecule has 0 saturated carbocycles. The van der Waals surface area contributed by atoms with Gasteiger partial charge in [-0.1, -0.05) is 19.1 Å². The van der Waals surface area contributed by atoms with Gasteiger partial charge in [0, 0.05) is 18.9 Å². The summed E-state index contributed by atoms with van der Waals surface area (Å²) in [4.78, 5) is 37.7. The van der Waals surface area contributed by atoms with Gasteiger partial charge in [0.1, 0.15) is 11.5 Å². The van der Waals surface area contributed by atoms with Crippen molar-refractivity contribution in [1.82, 2.24) is 9.78 Å². The molecule has 1 N–H and O–H groups in total. The lowest BCUT2D eigenvalue weighted by Crippen LogP contribution is -2.38. The second-order valence-electron chi connectivity index (χ2n) is 8.00. The minimum atomic E-state index is -1.04. The van der Waals surface area contributed by atoms with Gasteiger partial charge in [-0.3, -0.25) is 9.59 Å². The van der Waals surface area contributed by atoms with Crippen LogP contribution in [-0.4, -0.2) is 39.4 Å². The molecule has 0 bridgehead atoms. The second kappa shape index (κ2) is 9.76. The number of carbonyl (C=O) groups is 3. The molecule has 1 aromatic heterocycles. The molecule has 32 heavy (non-hydrogen) atoms. The SMILES string of the molecule is CC[C@H](C)n1nccc1NC(=O)[C@H](C)OC(=O)C1=NN(c2cc(C)ccc2C)C(=O)CC1. The summed E-state index contributed by atoms with van der Waals surface area (Å²) in [5.74, 6) is -0.846. The van der Waals surface area contributed by atoms with E-state index in [2.05, 4.69) is 15.5 Å². The van der Waals surface area contributed by atoms with Crippen molar-refractivity contribution in [2.24, 2.45) is 5.10 Å². The number of nitrogens with one attached hydrogen (secondary N) is 1. The Morgan fingerprint density at radius 3 is 2.66 bits per heavy atom. The van der Waals surface area contributed by atoms with Crippen molar-refractivity contribution in [2.45, 2.75) is 66.0 Å². The molecule has 9 heteroatoms. The Labute approximate surface area is 187 Å². The number of amides is 2. The lowest BCUT2D eigenvalue weighted by Gasteiger charge is -2.25. The number of aromatic nitrogens is 2. The molecule has 0 radical (unpaired) electrons. The normalized spacial score (nSPS) is 15.7. The highest BCUT2D eigenvalue weighted by Crippen LogP contribution is 2.25. The molecular weight excluding hydrogens is 410 g/mol. The van der Waals surface area contributed by atoms with E-state index in [0.717, 1.165) is 17.5 Å². The van der Waals surface area contributed by atoms with Crippen LogP contribution in [0.3, 0.4) is 0 Å². The first-order valence-electron chi connectivity index (χ1n) is 10.7. The average molecular weight is 440 g/mol. The highest BCUT2D eigenvalue weighted by molar-refractivity contribution is 6.38. The summed E-state index contributed by atoms with van der Waals surface area (Å²) in [6.45, 7) is 9.31. The first kappa shape index (κ1) is 23.2. The van der Waals surface area contributed by atoms with E-state index in [1.54, 1.807) is 16.9 Å². The van der Waals surface area contributed by atoms with E-state index in [-0.39, 0.29) is 30.5 Å². The van der Waals surface area contributed by atoms with Crippen LogP contribution in [0.1, 0.15) is 57.2 Å². The zero-order valence-electron chi connectivity index (χ0n) is 19.1. The van der Waals surface area contributed by atoms with Crippen LogP contribution >= 0.6 is 0 Å². The Bertz CT molecular complexity index is 1060. The molecule has 2 amide bonds. The third kappa shape index (κ3) is 5.04. The minimum absolute atomic E-state index is 0.106. The van der Waals surface area contributed by atoms with Crippen LogP contribution < -0.4 is 10.3 Å². The predicted octanol–water partition coefficient (Wildman–Crippen LogP) is 3.52. The summed E-state index contributed by atoms with van der Waals surface area (Å²) >= 11 is 0. The molecule has 2 atom stereocenters. The maximum atomic E-state index is 12.7. The smallest absolute Gasteiger partial charge is 0.355 e. The summed E-state index contributed by atoms with van der Waals surface area (Å²) in [5, 5.41) is 12.5. The van der Waals surface area contributed by atoms with Crippen LogP contribution in [0.2, 0.25) is 0 Å². The summed E-state index contributed by atoms with van der Waals surface area (Å²) in [6.07, 6.45) is 1.71. The van der Waals surface area contributed by atoms with Crippen LogP contribution in [0.4, 0.5) is 11.5 Å². The Morgan fingerprint density at radius 1 is 1.19 bits per heavy atom. The molecule has 0 fully saturated rings. The molecule has 0 aliphatic carbocycles. The predicted molar refractivity (Wildman–Crippen MR) is 121 cm³/mol. The number of rotatable bonds is 7. The van der Waals surface area contributed by atoms with Gasteiger partial charge in [-0.2, -0.15) is 15.2 Å². The van der Waals surface area contributed by atoms with Gasteiger partial charge in [-0.15, -0.1) is 0 Å². The van der Waals surface area contributed by atoms with E-state index in [4.69, 9.17) is 4.74 Å². The van der Waals surface area contributed by atoms with Crippen LogP contribution in [0.5, 0.6) is 0 Å². The standard InChI is InChI=1S/C23H29N5O4/c1-6-16(4)27-20(11-12-24-27)25-22(30)17(5)32-23(31)18-9-10-21(29)28(26-18)19-13-14(2)7-8-15(19)3/h7-8,11-13,16-17H,6,9-10H2,1-5H3,(H,25,30)/t16-,17-/m0/s1. The molecule has 1 aliphatic rings. The third-order valence-corrected chi connectivity index (χ3v) is 5.44. The Hall–Kier alpha value is -3.49. The summed E-state index contributed by atoms with van der Waals surface area (Å²) in [6, 6.07) is 7.50. The molecule has 0 spiro atoms. The summed E-state index contributed by atoms with van der Waals surface area (Å²) in [7, 11) is 0. The lowest BCUT2D eigenvalue weighted by atomic mass is 10.1. The molecule has 9 nitrogen and oxygen atoms in total. The van der Waals surface area contributed by atoms with Crippen LogP contribution in [0.15, 0.2) is 35.6 Å². The molecule has 0 saturated heterocycles. The number of anilines is 2. The van der Waals surface area contributed by atoms with E-state index >= 15 is 0 Å². The highest BCUT2D eigenvalue weighted by atomic mass is 16.5. The van der Waals surface area contributed by atoms with E-state index in [1.807, 2.05) is 45.9 Å². The zero-order chi connectivity index (χ0) is 23.4. The summed E-state index contributed by atoms with van der Waals surface area (Å²) < 4.78 is 7.06. The molecule has 0 unspecified atom stereocenters. The van der Waals surface area contributed by atoms with Gasteiger partial charge in [0.15, 0.2) is 6.10 Å². The van der Waals surface area contributed by atoms with Crippen molar-refractivity contribution in [1.29, 1.82) is 0 Å². The number of carbonyl (C=O) groups excluding carboxylic acids is 3. The molecule has 3 rings (SSSR count). The van der Waals surface area contributed by atoms with E-state index in [9.17, 15) is 14.4 Å². The van der Waals surface area contributed by atoms with Crippen LogP contribution in [0.25, 0.3) is 0 Å². The van der Waals surface area contributed by atoms with Crippen molar-refractivity contribution in [3.05, 3.63) is 41.6 Å². The molecule has 2 heterocycles.